The number of hydrogen-bond acceptors (Lipinski definition) is 5. The summed E-state index contributed by atoms with van der Waals surface area (Å²) in [5.41, 5.74) is -0.0317. The van der Waals surface area contributed by atoms with Crippen LogP contribution in [0.25, 0.3) is 0 Å². The second-order valence-corrected chi connectivity index (χ2v) is 6.97. The normalized spacial score (nSPS) is 17.1. The lowest BCUT2D eigenvalue weighted by molar-refractivity contribution is 0.0594. The Balaban J connectivity index is 2.26. The first-order chi connectivity index (χ1) is 10.0. The lowest BCUT2D eigenvalue weighted by atomic mass is 9.95. The Kier molecular flexibility index (Phi) is 5.00. The quantitative estimate of drug-likeness (QED) is 0.832. The summed E-state index contributed by atoms with van der Waals surface area (Å²) < 4.78 is 31.4. The van der Waals surface area contributed by atoms with Gasteiger partial charge in [0.25, 0.3) is 10.0 Å². The Morgan fingerprint density at radius 1 is 1.43 bits per heavy atom. The summed E-state index contributed by atoms with van der Waals surface area (Å²) in [5.74, 6) is -0.659. The van der Waals surface area contributed by atoms with Crippen LogP contribution in [0, 0.1) is 0 Å². The third-order valence-corrected chi connectivity index (χ3v) is 5.77. The van der Waals surface area contributed by atoms with Gasteiger partial charge in [0.2, 0.25) is 0 Å². The van der Waals surface area contributed by atoms with Crippen LogP contribution in [0.1, 0.15) is 49.5 Å². The number of aromatic amines is 1. The fraction of sp³-hybridized carbons (Fsp3) is 0.692. The molecule has 1 aromatic heterocycles. The van der Waals surface area contributed by atoms with Crippen LogP contribution < -0.4 is 0 Å². The second kappa shape index (κ2) is 6.57. The largest absolute Gasteiger partial charge is 0.464 e. The van der Waals surface area contributed by atoms with Crippen molar-refractivity contribution in [1.29, 1.82) is 0 Å². The van der Waals surface area contributed by atoms with Crippen molar-refractivity contribution in [3.05, 3.63) is 11.8 Å². The molecular formula is C13H21N3O4S. The molecule has 0 radical (unpaired) electrons. The number of carbonyl (C=O) groups excluding carboxylic acids is 1. The number of rotatable bonds is 5. The van der Waals surface area contributed by atoms with Crippen LogP contribution in [0.3, 0.4) is 0 Å². The Morgan fingerprint density at radius 2 is 2.10 bits per heavy atom. The second-order valence-electron chi connectivity index (χ2n) is 5.11. The van der Waals surface area contributed by atoms with Crippen LogP contribution in [0.15, 0.2) is 11.1 Å². The highest BCUT2D eigenvalue weighted by Crippen LogP contribution is 2.27. The minimum atomic E-state index is -3.66. The minimum absolute atomic E-state index is 0.0265. The van der Waals surface area contributed by atoms with Crippen LogP contribution in [-0.4, -0.2) is 48.6 Å². The lowest BCUT2D eigenvalue weighted by Gasteiger charge is -2.32. The van der Waals surface area contributed by atoms with Crippen LogP contribution in [0.4, 0.5) is 0 Å². The van der Waals surface area contributed by atoms with Gasteiger partial charge in [0.1, 0.15) is 0 Å². The highest BCUT2D eigenvalue weighted by molar-refractivity contribution is 7.89. The van der Waals surface area contributed by atoms with E-state index in [0.717, 1.165) is 32.1 Å². The fourth-order valence-electron chi connectivity index (χ4n) is 2.77. The Labute approximate surface area is 124 Å². The van der Waals surface area contributed by atoms with Gasteiger partial charge < -0.3 is 4.74 Å². The summed E-state index contributed by atoms with van der Waals surface area (Å²) in [7, 11) is -2.44. The van der Waals surface area contributed by atoms with E-state index in [4.69, 9.17) is 0 Å². The molecule has 1 aliphatic rings. The molecule has 0 aromatic carbocycles. The number of carbonyl (C=O) groups is 1. The predicted molar refractivity (Wildman–Crippen MR) is 76.4 cm³/mol. The average molecular weight is 315 g/mol. The van der Waals surface area contributed by atoms with E-state index in [9.17, 15) is 13.2 Å². The minimum Gasteiger partial charge on any atom is -0.464 e. The van der Waals surface area contributed by atoms with Crippen molar-refractivity contribution < 1.29 is 17.9 Å². The van der Waals surface area contributed by atoms with E-state index in [1.807, 2.05) is 6.92 Å². The van der Waals surface area contributed by atoms with E-state index in [1.165, 1.54) is 17.5 Å². The van der Waals surface area contributed by atoms with Crippen molar-refractivity contribution in [2.24, 2.45) is 0 Å². The number of methoxy groups -OCH3 is 1. The number of H-pyrrole nitrogens is 1. The monoisotopic (exact) mass is 315 g/mol. The highest BCUT2D eigenvalue weighted by Gasteiger charge is 2.32. The highest BCUT2D eigenvalue weighted by atomic mass is 32.2. The Bertz CT molecular complexity index is 590. The SMILES string of the molecule is CCN(C1CCCCC1)S(=O)(=O)c1cc(C(=O)OC)n[nH]1. The van der Waals surface area contributed by atoms with Crippen LogP contribution in [0.2, 0.25) is 0 Å². The maximum atomic E-state index is 12.7. The summed E-state index contributed by atoms with van der Waals surface area (Å²) in [4.78, 5) is 11.4. The molecule has 0 spiro atoms. The van der Waals surface area contributed by atoms with Gasteiger partial charge in [-0.3, -0.25) is 5.10 Å². The first kappa shape index (κ1) is 16.0. The molecule has 0 aliphatic heterocycles. The summed E-state index contributed by atoms with van der Waals surface area (Å²) in [6, 6.07) is 1.26. The van der Waals surface area contributed by atoms with Crippen LogP contribution in [-0.2, 0) is 14.8 Å². The molecule has 2 rings (SSSR count). The predicted octanol–water partition coefficient (Wildman–Crippen LogP) is 1.54. The molecule has 1 heterocycles. The van der Waals surface area contributed by atoms with Crippen molar-refractivity contribution in [2.75, 3.05) is 13.7 Å². The summed E-state index contributed by atoms with van der Waals surface area (Å²) in [6.45, 7) is 2.23. The number of sulfonamides is 1. The number of aromatic nitrogens is 2. The van der Waals surface area contributed by atoms with Gasteiger partial charge in [-0.05, 0) is 12.8 Å². The van der Waals surface area contributed by atoms with Gasteiger partial charge >= 0.3 is 5.97 Å². The molecular weight excluding hydrogens is 294 g/mol. The van der Waals surface area contributed by atoms with E-state index in [2.05, 4.69) is 14.9 Å². The standard InChI is InChI=1S/C13H21N3O4S/c1-3-16(10-7-5-4-6-8-10)21(18,19)12-9-11(14-15-12)13(17)20-2/h9-10H,3-8H2,1-2H3,(H,14,15). The lowest BCUT2D eigenvalue weighted by Crippen LogP contribution is -2.41. The average Bonchev–Trinajstić information content (AvgIpc) is 2.98. The molecule has 0 amide bonds. The molecule has 7 nitrogen and oxygen atoms in total. The molecule has 1 aromatic rings. The van der Waals surface area contributed by atoms with E-state index in [0.29, 0.717) is 6.54 Å². The van der Waals surface area contributed by atoms with Crippen LogP contribution in [0.5, 0.6) is 0 Å². The molecule has 1 fully saturated rings. The fourth-order valence-corrected chi connectivity index (χ4v) is 4.38. The molecule has 21 heavy (non-hydrogen) atoms. The first-order valence-electron chi connectivity index (χ1n) is 7.16. The van der Waals surface area contributed by atoms with Crippen molar-refractivity contribution in [1.82, 2.24) is 14.5 Å². The summed E-state index contributed by atoms with van der Waals surface area (Å²) in [5, 5.41) is 6.08. The van der Waals surface area contributed by atoms with Gasteiger partial charge in [0, 0.05) is 18.7 Å². The molecule has 0 bridgehead atoms. The van der Waals surface area contributed by atoms with E-state index in [-0.39, 0.29) is 16.8 Å². The molecule has 1 saturated carbocycles. The molecule has 0 unspecified atom stereocenters. The van der Waals surface area contributed by atoms with Gasteiger partial charge in [0.15, 0.2) is 10.7 Å². The number of nitrogens with zero attached hydrogens (tertiary/aromatic N) is 2. The van der Waals surface area contributed by atoms with Gasteiger partial charge in [0.05, 0.1) is 7.11 Å². The van der Waals surface area contributed by atoms with E-state index in [1.54, 1.807) is 0 Å². The van der Waals surface area contributed by atoms with Gasteiger partial charge in [-0.2, -0.15) is 9.40 Å². The molecule has 1 N–H and O–H groups in total. The maximum Gasteiger partial charge on any atom is 0.358 e. The smallest absolute Gasteiger partial charge is 0.358 e. The van der Waals surface area contributed by atoms with Crippen molar-refractivity contribution in [3.63, 3.8) is 0 Å². The first-order valence-corrected chi connectivity index (χ1v) is 8.60. The van der Waals surface area contributed by atoms with Crippen molar-refractivity contribution >= 4 is 16.0 Å². The van der Waals surface area contributed by atoms with Gasteiger partial charge in [-0.15, -0.1) is 0 Å². The molecule has 0 atom stereocenters. The van der Waals surface area contributed by atoms with E-state index >= 15 is 0 Å². The van der Waals surface area contributed by atoms with Crippen molar-refractivity contribution in [2.45, 2.75) is 50.1 Å². The molecule has 118 valence electrons. The number of hydrogen-bond donors (Lipinski definition) is 1. The Hall–Kier alpha value is -1.41. The molecule has 8 heteroatoms. The number of esters is 1. The zero-order valence-electron chi connectivity index (χ0n) is 12.3. The topological polar surface area (TPSA) is 92.4 Å². The summed E-state index contributed by atoms with van der Waals surface area (Å²) in [6.07, 6.45) is 5.01. The Morgan fingerprint density at radius 3 is 2.67 bits per heavy atom. The third kappa shape index (κ3) is 3.26. The number of ether oxygens (including phenoxy) is 1. The van der Waals surface area contributed by atoms with E-state index < -0.39 is 16.0 Å². The summed E-state index contributed by atoms with van der Waals surface area (Å²) >= 11 is 0. The van der Waals surface area contributed by atoms with Gasteiger partial charge in [-0.25, -0.2) is 13.2 Å². The number of nitrogens with one attached hydrogen (secondary N) is 1. The van der Waals surface area contributed by atoms with Crippen LogP contribution >= 0.6 is 0 Å². The van der Waals surface area contributed by atoms with Crippen molar-refractivity contribution in [3.8, 4) is 0 Å². The third-order valence-electron chi connectivity index (χ3n) is 3.83. The molecule has 0 saturated heterocycles. The maximum absolute atomic E-state index is 12.7. The molecule has 1 aliphatic carbocycles. The zero-order chi connectivity index (χ0) is 15.5. The van der Waals surface area contributed by atoms with Gasteiger partial charge in [-0.1, -0.05) is 26.2 Å². The zero-order valence-corrected chi connectivity index (χ0v) is 13.1.